The van der Waals surface area contributed by atoms with Gasteiger partial charge in [-0.05, 0) is 155 Å². The summed E-state index contributed by atoms with van der Waals surface area (Å²) in [5.41, 5.74) is 22.1. The van der Waals surface area contributed by atoms with Crippen LogP contribution in [-0.2, 0) is 5.41 Å². The number of anilines is 3. The van der Waals surface area contributed by atoms with Gasteiger partial charge in [0.2, 0.25) is 0 Å². The Bertz CT molecular complexity index is 4510. The Morgan fingerprint density at radius 2 is 0.831 bits per heavy atom. The second-order valence-corrected chi connectivity index (χ2v) is 21.0. The van der Waals surface area contributed by atoms with E-state index in [1.165, 1.54) is 110 Å². The summed E-state index contributed by atoms with van der Waals surface area (Å²) < 4.78 is 2.41. The molecule has 16 rings (SSSR count). The van der Waals surface area contributed by atoms with Crippen LogP contribution >= 0.6 is 0 Å². The van der Waals surface area contributed by atoms with E-state index in [0.29, 0.717) is 5.92 Å². The van der Waals surface area contributed by atoms with Gasteiger partial charge in [0, 0.05) is 45.4 Å². The molecule has 2 heteroatoms. The second-order valence-electron chi connectivity index (χ2n) is 21.0. The van der Waals surface area contributed by atoms with E-state index in [1.54, 1.807) is 0 Å². The summed E-state index contributed by atoms with van der Waals surface area (Å²) in [6.07, 6.45) is 9.42. The fourth-order valence-corrected chi connectivity index (χ4v) is 14.1. The van der Waals surface area contributed by atoms with E-state index >= 15 is 0 Å². The van der Waals surface area contributed by atoms with Gasteiger partial charge in [0.25, 0.3) is 0 Å². The van der Waals surface area contributed by atoms with Crippen molar-refractivity contribution in [1.29, 1.82) is 0 Å². The first-order valence-electron chi connectivity index (χ1n) is 27.0. The molecule has 0 radical (unpaired) electrons. The highest BCUT2D eigenvalue weighted by atomic mass is 15.1. The number of fused-ring (bicyclic) bond motifs is 15. The van der Waals surface area contributed by atoms with Gasteiger partial charge in [0.1, 0.15) is 0 Å². The van der Waals surface area contributed by atoms with Crippen molar-refractivity contribution in [2.24, 2.45) is 5.92 Å². The molecule has 0 fully saturated rings. The molecule has 77 heavy (non-hydrogen) atoms. The lowest BCUT2D eigenvalue weighted by atomic mass is 9.65. The van der Waals surface area contributed by atoms with Gasteiger partial charge < -0.3 is 9.47 Å². The Morgan fingerprint density at radius 1 is 0.325 bits per heavy atom. The summed E-state index contributed by atoms with van der Waals surface area (Å²) >= 11 is 0. The number of benzene rings is 12. The number of aromatic nitrogens is 1. The molecule has 3 unspecified atom stereocenters. The van der Waals surface area contributed by atoms with Crippen molar-refractivity contribution in [2.45, 2.75) is 11.3 Å². The molecule has 0 aliphatic heterocycles. The maximum Gasteiger partial charge on any atom is 0.0541 e. The van der Waals surface area contributed by atoms with Crippen molar-refractivity contribution in [3.63, 3.8) is 0 Å². The van der Waals surface area contributed by atoms with Crippen molar-refractivity contribution in [2.75, 3.05) is 4.90 Å². The lowest BCUT2D eigenvalue weighted by Gasteiger charge is -2.36. The summed E-state index contributed by atoms with van der Waals surface area (Å²) in [5.74, 6) is 0.533. The minimum Gasteiger partial charge on any atom is -0.310 e. The molecule has 3 aliphatic rings. The zero-order chi connectivity index (χ0) is 50.6. The molecule has 0 amide bonds. The third kappa shape index (κ3) is 6.43. The van der Waals surface area contributed by atoms with Gasteiger partial charge in [0.05, 0.1) is 16.4 Å². The number of hydrogen-bond acceptors (Lipinski definition) is 1. The van der Waals surface area contributed by atoms with Gasteiger partial charge in [-0.25, -0.2) is 0 Å². The third-order valence-corrected chi connectivity index (χ3v) is 17.3. The zero-order valence-corrected chi connectivity index (χ0v) is 42.3. The average Bonchev–Trinajstić information content (AvgIpc) is 4.30. The van der Waals surface area contributed by atoms with Crippen LogP contribution < -0.4 is 4.90 Å². The van der Waals surface area contributed by atoms with Crippen molar-refractivity contribution < 1.29 is 0 Å². The molecule has 13 aromatic rings. The molecule has 0 saturated heterocycles. The number of allylic oxidation sites excluding steroid dienone is 4. The van der Waals surface area contributed by atoms with Crippen LogP contribution in [0.1, 0.15) is 28.2 Å². The topological polar surface area (TPSA) is 8.17 Å². The summed E-state index contributed by atoms with van der Waals surface area (Å²) in [6, 6.07) is 99.5. The molecule has 0 saturated carbocycles. The van der Waals surface area contributed by atoms with Crippen molar-refractivity contribution in [1.82, 2.24) is 4.57 Å². The number of nitrogens with zero attached hydrogens (tertiary/aromatic N) is 2. The highest BCUT2D eigenvalue weighted by molar-refractivity contribution is 6.22. The van der Waals surface area contributed by atoms with Gasteiger partial charge in [-0.15, -0.1) is 0 Å². The molecular weight excluding hydrogens is 929 g/mol. The molecule has 3 aliphatic carbocycles. The minimum atomic E-state index is -0.346. The lowest BCUT2D eigenvalue weighted by Crippen LogP contribution is -2.33. The monoisotopic (exact) mass is 978 g/mol. The van der Waals surface area contributed by atoms with E-state index in [2.05, 4.69) is 301 Å². The largest absolute Gasteiger partial charge is 0.310 e. The standard InChI is InChI=1S/C75H50N2/c1-3-19-50(20-4-1)73-63-28-7-8-29-64(63)74(51-21-5-2-6-22-51)66-47-52(37-45-65(66)73)49-35-38-53(39-36-49)76(54-40-42-55(43-41-54)77-71-33-17-12-26-61(71)62-27-13-18-34-72(62)77)56-44-46-60-59-25-11-16-32-69(59)75(70(60)48-56)67-30-14-9-23-57(67)58-24-10-15-31-68(58)75/h1-48,57,67H. The van der Waals surface area contributed by atoms with Crippen LogP contribution in [0.2, 0.25) is 0 Å². The maximum atomic E-state index is 2.53. The van der Waals surface area contributed by atoms with Crippen LogP contribution in [-0.4, -0.2) is 4.57 Å². The number of hydrogen-bond donors (Lipinski definition) is 0. The van der Waals surface area contributed by atoms with E-state index in [-0.39, 0.29) is 11.3 Å². The normalized spacial score (nSPS) is 16.8. The van der Waals surface area contributed by atoms with Gasteiger partial charge >= 0.3 is 0 Å². The van der Waals surface area contributed by atoms with E-state index < -0.39 is 0 Å². The smallest absolute Gasteiger partial charge is 0.0541 e. The fourth-order valence-electron chi connectivity index (χ4n) is 14.1. The van der Waals surface area contributed by atoms with Crippen LogP contribution in [0.25, 0.3) is 93.5 Å². The predicted octanol–water partition coefficient (Wildman–Crippen LogP) is 19.7. The first-order valence-corrected chi connectivity index (χ1v) is 27.0. The lowest BCUT2D eigenvalue weighted by molar-refractivity contribution is 0.465. The molecule has 1 heterocycles. The predicted molar refractivity (Wildman–Crippen MR) is 323 cm³/mol. The third-order valence-electron chi connectivity index (χ3n) is 17.3. The Hall–Kier alpha value is -9.76. The number of para-hydroxylation sites is 2. The van der Waals surface area contributed by atoms with Gasteiger partial charge in [-0.2, -0.15) is 0 Å². The molecule has 2 nitrogen and oxygen atoms in total. The Labute approximate surface area is 448 Å². The van der Waals surface area contributed by atoms with E-state index in [0.717, 1.165) is 22.7 Å². The fraction of sp³-hybridized carbons (Fsp3) is 0.0400. The van der Waals surface area contributed by atoms with E-state index in [1.807, 2.05) is 0 Å². The van der Waals surface area contributed by atoms with Crippen LogP contribution in [0.15, 0.2) is 291 Å². The van der Waals surface area contributed by atoms with Crippen molar-refractivity contribution in [3.8, 4) is 50.2 Å². The summed E-state index contributed by atoms with van der Waals surface area (Å²) in [6.45, 7) is 0. The maximum absolute atomic E-state index is 2.53. The SMILES string of the molecule is C1=CC2c3ccccc3C3(c4ccccc4-c4ccc(N(c5ccc(-c6ccc7c(-c8ccccc8)c8ccccc8c(-c8ccccc8)c7c6)cc5)c5ccc(-n6c7ccccc7c7ccccc76)cc5)cc43)C2C=C1. The van der Waals surface area contributed by atoms with Crippen molar-refractivity contribution >= 4 is 60.4 Å². The second kappa shape index (κ2) is 17.1. The average molecular weight is 979 g/mol. The Morgan fingerprint density at radius 3 is 1.52 bits per heavy atom. The first-order chi connectivity index (χ1) is 38.2. The zero-order valence-electron chi connectivity index (χ0n) is 42.3. The van der Waals surface area contributed by atoms with Crippen LogP contribution in [0.3, 0.4) is 0 Å². The molecule has 12 aromatic carbocycles. The summed E-state index contributed by atoms with van der Waals surface area (Å²) in [7, 11) is 0. The van der Waals surface area contributed by atoms with Gasteiger partial charge in [0.15, 0.2) is 0 Å². The number of rotatable bonds is 7. The molecule has 1 aromatic heterocycles. The summed E-state index contributed by atoms with van der Waals surface area (Å²) in [4.78, 5) is 2.47. The van der Waals surface area contributed by atoms with E-state index in [4.69, 9.17) is 0 Å². The van der Waals surface area contributed by atoms with Crippen LogP contribution in [0, 0.1) is 5.92 Å². The van der Waals surface area contributed by atoms with Gasteiger partial charge in [-0.1, -0.05) is 224 Å². The molecule has 1 spiro atoms. The van der Waals surface area contributed by atoms with Gasteiger partial charge in [-0.3, -0.25) is 0 Å². The summed E-state index contributed by atoms with van der Waals surface area (Å²) in [5, 5.41) is 7.52. The first kappa shape index (κ1) is 43.6. The quantitative estimate of drug-likeness (QED) is 0.145. The van der Waals surface area contributed by atoms with Crippen molar-refractivity contribution in [3.05, 3.63) is 313 Å². The van der Waals surface area contributed by atoms with Crippen LogP contribution in [0.4, 0.5) is 17.1 Å². The minimum absolute atomic E-state index is 0.243. The van der Waals surface area contributed by atoms with E-state index in [9.17, 15) is 0 Å². The highest BCUT2D eigenvalue weighted by Crippen LogP contribution is 2.65. The molecular formula is C75H50N2. The highest BCUT2D eigenvalue weighted by Gasteiger charge is 2.57. The molecule has 3 atom stereocenters. The van der Waals surface area contributed by atoms with Crippen LogP contribution in [0.5, 0.6) is 0 Å². The Balaban J connectivity index is 0.876. The molecule has 0 bridgehead atoms. The Kier molecular flexibility index (Phi) is 9.71. The molecule has 0 N–H and O–H groups in total. The molecule has 360 valence electrons.